The smallest absolute Gasteiger partial charge is 0.274 e. The third-order valence-corrected chi connectivity index (χ3v) is 6.73. The topological polar surface area (TPSA) is 50.6 Å². The van der Waals surface area contributed by atoms with E-state index in [1.807, 2.05) is 11.0 Å². The SMILES string of the molecule is Cc1cc(C(=O)N2CCC(C)(N3CCOCC3)CC2)nn1C(C)C1CC1. The molecule has 2 saturated heterocycles. The van der Waals surface area contributed by atoms with Gasteiger partial charge in [-0.3, -0.25) is 14.4 Å². The molecule has 1 unspecified atom stereocenters. The number of aromatic nitrogens is 2. The zero-order chi connectivity index (χ0) is 18.3. The van der Waals surface area contributed by atoms with Crippen LogP contribution in [-0.2, 0) is 4.74 Å². The fourth-order valence-corrected chi connectivity index (χ4v) is 4.56. The van der Waals surface area contributed by atoms with Crippen LogP contribution < -0.4 is 0 Å². The lowest BCUT2D eigenvalue weighted by molar-refractivity contribution is -0.0372. The van der Waals surface area contributed by atoms with E-state index in [9.17, 15) is 4.79 Å². The Morgan fingerprint density at radius 1 is 1.23 bits per heavy atom. The van der Waals surface area contributed by atoms with Crippen molar-refractivity contribution in [3.05, 3.63) is 17.5 Å². The number of ether oxygens (including phenoxy) is 1. The van der Waals surface area contributed by atoms with Gasteiger partial charge in [-0.25, -0.2) is 0 Å². The van der Waals surface area contributed by atoms with Gasteiger partial charge in [0.1, 0.15) is 0 Å². The molecule has 6 nitrogen and oxygen atoms in total. The summed E-state index contributed by atoms with van der Waals surface area (Å²) in [5.74, 6) is 0.833. The summed E-state index contributed by atoms with van der Waals surface area (Å²) < 4.78 is 7.55. The molecule has 3 heterocycles. The molecule has 1 aromatic heterocycles. The Bertz CT molecular complexity index is 653. The molecule has 6 heteroatoms. The Kier molecular flexibility index (Phi) is 4.82. The van der Waals surface area contributed by atoms with Gasteiger partial charge in [-0.2, -0.15) is 5.10 Å². The van der Waals surface area contributed by atoms with Crippen LogP contribution in [-0.4, -0.2) is 70.4 Å². The number of hydrogen-bond donors (Lipinski definition) is 0. The fraction of sp³-hybridized carbons (Fsp3) is 0.800. The van der Waals surface area contributed by atoms with E-state index in [-0.39, 0.29) is 11.4 Å². The van der Waals surface area contributed by atoms with Gasteiger partial charge < -0.3 is 9.64 Å². The zero-order valence-corrected chi connectivity index (χ0v) is 16.4. The summed E-state index contributed by atoms with van der Waals surface area (Å²) in [5.41, 5.74) is 1.91. The van der Waals surface area contributed by atoms with E-state index < -0.39 is 0 Å². The number of likely N-dealkylation sites (tertiary alicyclic amines) is 1. The Morgan fingerprint density at radius 3 is 2.50 bits per heavy atom. The highest BCUT2D eigenvalue weighted by Gasteiger charge is 2.38. The molecule has 1 amide bonds. The molecule has 4 rings (SSSR count). The van der Waals surface area contributed by atoms with Crippen LogP contribution in [0.25, 0.3) is 0 Å². The van der Waals surface area contributed by atoms with Gasteiger partial charge >= 0.3 is 0 Å². The van der Waals surface area contributed by atoms with E-state index in [1.165, 1.54) is 12.8 Å². The van der Waals surface area contributed by atoms with E-state index in [1.54, 1.807) is 0 Å². The molecule has 0 N–H and O–H groups in total. The predicted molar refractivity (Wildman–Crippen MR) is 100 cm³/mol. The first-order valence-corrected chi connectivity index (χ1v) is 10.2. The lowest BCUT2D eigenvalue weighted by Gasteiger charge is -2.48. The van der Waals surface area contributed by atoms with E-state index in [4.69, 9.17) is 4.74 Å². The summed E-state index contributed by atoms with van der Waals surface area (Å²) in [4.78, 5) is 17.5. The van der Waals surface area contributed by atoms with Gasteiger partial charge in [0.05, 0.1) is 19.3 Å². The summed E-state index contributed by atoms with van der Waals surface area (Å²) in [5, 5.41) is 4.67. The van der Waals surface area contributed by atoms with Crippen LogP contribution in [0.5, 0.6) is 0 Å². The lowest BCUT2D eigenvalue weighted by Crippen LogP contribution is -2.57. The number of amides is 1. The molecule has 0 spiro atoms. The van der Waals surface area contributed by atoms with Gasteiger partial charge in [-0.05, 0) is 58.4 Å². The summed E-state index contributed by atoms with van der Waals surface area (Å²) in [6.45, 7) is 11.9. The van der Waals surface area contributed by atoms with Crippen LogP contribution in [0.15, 0.2) is 6.07 Å². The molecule has 0 radical (unpaired) electrons. The number of hydrogen-bond acceptors (Lipinski definition) is 4. The monoisotopic (exact) mass is 360 g/mol. The van der Waals surface area contributed by atoms with Crippen LogP contribution in [0.2, 0.25) is 0 Å². The summed E-state index contributed by atoms with van der Waals surface area (Å²) >= 11 is 0. The van der Waals surface area contributed by atoms with Gasteiger partial charge in [-0.15, -0.1) is 0 Å². The second-order valence-electron chi connectivity index (χ2n) is 8.58. The highest BCUT2D eigenvalue weighted by atomic mass is 16.5. The molecule has 144 valence electrons. The second-order valence-corrected chi connectivity index (χ2v) is 8.58. The van der Waals surface area contributed by atoms with Gasteiger partial charge in [0, 0.05) is 37.4 Å². The van der Waals surface area contributed by atoms with Gasteiger partial charge in [0.15, 0.2) is 5.69 Å². The molecular formula is C20H32N4O2. The Morgan fingerprint density at radius 2 is 1.88 bits per heavy atom. The van der Waals surface area contributed by atoms with Crippen LogP contribution >= 0.6 is 0 Å². The molecule has 2 aliphatic heterocycles. The number of piperidine rings is 1. The van der Waals surface area contributed by atoms with Crippen molar-refractivity contribution in [2.24, 2.45) is 5.92 Å². The Balaban J connectivity index is 1.39. The van der Waals surface area contributed by atoms with Crippen molar-refractivity contribution in [1.29, 1.82) is 0 Å². The Hall–Kier alpha value is -1.40. The van der Waals surface area contributed by atoms with Crippen molar-refractivity contribution in [2.45, 2.75) is 58.0 Å². The molecule has 3 aliphatic rings. The highest BCUT2D eigenvalue weighted by molar-refractivity contribution is 5.92. The van der Waals surface area contributed by atoms with Gasteiger partial charge in [0.2, 0.25) is 0 Å². The minimum absolute atomic E-state index is 0.0962. The maximum atomic E-state index is 13.0. The molecule has 26 heavy (non-hydrogen) atoms. The normalized spacial score (nSPS) is 25.3. The number of carbonyl (C=O) groups excluding carboxylic acids is 1. The van der Waals surface area contributed by atoms with Gasteiger partial charge in [-0.1, -0.05) is 0 Å². The fourth-order valence-electron chi connectivity index (χ4n) is 4.56. The van der Waals surface area contributed by atoms with E-state index in [2.05, 4.69) is 35.5 Å². The predicted octanol–water partition coefficient (Wildman–Crippen LogP) is 2.49. The molecular weight excluding hydrogens is 328 g/mol. The van der Waals surface area contributed by atoms with Crippen molar-refractivity contribution in [3.63, 3.8) is 0 Å². The number of nitrogens with zero attached hydrogens (tertiary/aromatic N) is 4. The molecule has 1 atom stereocenters. The average molecular weight is 361 g/mol. The zero-order valence-electron chi connectivity index (χ0n) is 16.4. The molecule has 1 aliphatic carbocycles. The maximum Gasteiger partial charge on any atom is 0.274 e. The largest absolute Gasteiger partial charge is 0.379 e. The summed E-state index contributed by atoms with van der Waals surface area (Å²) in [7, 11) is 0. The molecule has 1 saturated carbocycles. The van der Waals surface area contributed by atoms with Crippen molar-refractivity contribution < 1.29 is 9.53 Å². The third kappa shape index (κ3) is 3.41. The van der Waals surface area contributed by atoms with Crippen LogP contribution in [0.1, 0.15) is 61.8 Å². The lowest BCUT2D eigenvalue weighted by atomic mass is 9.87. The van der Waals surface area contributed by atoms with E-state index in [0.717, 1.165) is 63.8 Å². The van der Waals surface area contributed by atoms with Crippen molar-refractivity contribution >= 4 is 5.91 Å². The first-order chi connectivity index (χ1) is 12.5. The minimum Gasteiger partial charge on any atom is -0.379 e. The van der Waals surface area contributed by atoms with Crippen molar-refractivity contribution in [3.8, 4) is 0 Å². The Labute approximate surface area is 156 Å². The highest BCUT2D eigenvalue weighted by Crippen LogP contribution is 2.39. The van der Waals surface area contributed by atoms with Crippen LogP contribution in [0.3, 0.4) is 0 Å². The van der Waals surface area contributed by atoms with E-state index in [0.29, 0.717) is 11.7 Å². The van der Waals surface area contributed by atoms with Crippen molar-refractivity contribution in [2.75, 3.05) is 39.4 Å². The van der Waals surface area contributed by atoms with Crippen LogP contribution in [0, 0.1) is 12.8 Å². The molecule has 1 aromatic rings. The second kappa shape index (κ2) is 6.97. The maximum absolute atomic E-state index is 13.0. The average Bonchev–Trinajstić information content (AvgIpc) is 3.44. The minimum atomic E-state index is 0.0962. The quantitative estimate of drug-likeness (QED) is 0.828. The van der Waals surface area contributed by atoms with E-state index >= 15 is 0 Å². The third-order valence-electron chi connectivity index (χ3n) is 6.73. The number of aryl methyl sites for hydroxylation is 1. The molecule has 0 aromatic carbocycles. The van der Waals surface area contributed by atoms with Crippen molar-refractivity contribution in [1.82, 2.24) is 19.6 Å². The summed E-state index contributed by atoms with van der Waals surface area (Å²) in [6, 6.07) is 2.37. The number of carbonyl (C=O) groups is 1. The molecule has 0 bridgehead atoms. The first kappa shape index (κ1) is 18.0. The number of morpholine rings is 1. The first-order valence-electron chi connectivity index (χ1n) is 10.2. The summed E-state index contributed by atoms with van der Waals surface area (Å²) in [6.07, 6.45) is 4.62. The number of rotatable bonds is 4. The van der Waals surface area contributed by atoms with Gasteiger partial charge in [0.25, 0.3) is 5.91 Å². The standard InChI is InChI=1S/C20H32N4O2/c1-15-14-18(21-24(15)16(2)17-4-5-17)19(25)22-8-6-20(3,7-9-22)23-10-12-26-13-11-23/h14,16-17H,4-13H2,1-3H3. The van der Waals surface area contributed by atoms with Crippen LogP contribution in [0.4, 0.5) is 0 Å². The molecule has 3 fully saturated rings.